The number of esters is 4. The van der Waals surface area contributed by atoms with Gasteiger partial charge in [0.05, 0.1) is 34.7 Å². The molecule has 7 rings (SSSR count). The Morgan fingerprint density at radius 2 is 1.37 bits per heavy atom. The van der Waals surface area contributed by atoms with E-state index in [1.54, 1.807) is 99.6 Å². The first-order valence-electron chi connectivity index (χ1n) is 27.1. The van der Waals surface area contributed by atoms with Crippen LogP contribution in [-0.2, 0) is 52.0 Å². The van der Waals surface area contributed by atoms with E-state index in [9.17, 15) is 39.2 Å². The summed E-state index contributed by atoms with van der Waals surface area (Å²) in [6.07, 6.45) is -11.6. The fourth-order valence-corrected chi connectivity index (χ4v) is 12.4. The first-order valence-corrected chi connectivity index (χ1v) is 30.0. The largest absolute Gasteiger partial charge is 0.514 e. The minimum absolute atomic E-state index is 0.00880. The summed E-state index contributed by atoms with van der Waals surface area (Å²) in [6.45, 7) is 17.9. The van der Waals surface area contributed by atoms with Crippen molar-refractivity contribution in [2.75, 3.05) is 13.2 Å². The lowest BCUT2D eigenvalue weighted by Crippen LogP contribution is -2.72. The lowest BCUT2D eigenvalue weighted by atomic mass is 9.48. The summed E-state index contributed by atoms with van der Waals surface area (Å²) in [4.78, 5) is 111. The van der Waals surface area contributed by atoms with Gasteiger partial charge in [0.1, 0.15) is 36.3 Å². The number of nitro groups is 1. The Morgan fingerprint density at radius 1 is 0.780 bits per heavy atom. The lowest BCUT2D eigenvalue weighted by Gasteiger charge is -2.61. The number of Topliss-reactive ketones (excluding diaryl/α,β-unsaturated/α-hetero) is 1. The van der Waals surface area contributed by atoms with E-state index in [-0.39, 0.29) is 54.2 Å². The van der Waals surface area contributed by atoms with Gasteiger partial charge in [-0.3, -0.25) is 29.3 Å². The van der Waals surface area contributed by atoms with E-state index >= 15 is 9.59 Å². The average molecular weight is 1150 g/mol. The molecule has 82 heavy (non-hydrogen) atoms. The van der Waals surface area contributed by atoms with Crippen LogP contribution in [0.1, 0.15) is 114 Å². The molecule has 10 atom stereocenters. The van der Waals surface area contributed by atoms with Gasteiger partial charge in [0.25, 0.3) is 11.6 Å². The van der Waals surface area contributed by atoms with Crippen molar-refractivity contribution in [3.8, 4) is 5.75 Å². The fourth-order valence-electron chi connectivity index (χ4n) is 11.2. The molecule has 0 radical (unpaired) electrons. The maximum Gasteiger partial charge on any atom is 0.514 e. The number of carbonyl (C=O) groups excluding carboxylic acids is 7. The third-order valence-corrected chi connectivity index (χ3v) is 21.2. The topological polar surface area (TPSA) is 269 Å². The number of ether oxygens (including phenoxy) is 7. The van der Waals surface area contributed by atoms with E-state index in [2.05, 4.69) is 5.32 Å². The van der Waals surface area contributed by atoms with Crippen LogP contribution in [0.2, 0.25) is 18.1 Å². The third kappa shape index (κ3) is 13.2. The number of aliphatic hydroxyl groups is 1. The number of fused-ring (bicyclic) bond motifs is 3. The molecule has 438 valence electrons. The van der Waals surface area contributed by atoms with Crippen molar-refractivity contribution in [1.29, 1.82) is 0 Å². The molecule has 1 amide bonds. The molecule has 0 unspecified atom stereocenters. The standard InChI is InChI=1S/C61H72N2O18Si/c1-36-46(78-56(69)51(81-82(10,11)58(4,5)6)49(39-21-15-12-16-22-39)62-54(67)40-23-17-13-18-24-40)35-61(71)53(80-55(68)41-25-19-14-20-26-41)45-33-44(75-32-31-74-37(2)64)34-47(79-57(70)77-43-29-27-42(28-30-43)63(72)73)60(45,9)52(66)50(76-38(3)65)48(36)59(61,7)8/h12-30,44-47,49-51,53,71H,31-35H2,1-11H3,(H,62,67)/t44-,45-,46-,47-,49-,50+,51+,53-,60-,61+/m0/s1. The minimum atomic E-state index is -2.99. The molecule has 0 saturated heterocycles. The lowest BCUT2D eigenvalue weighted by molar-refractivity contribution is -0.384. The zero-order valence-corrected chi connectivity index (χ0v) is 49.0. The quantitative estimate of drug-likeness (QED) is 0.0137. The van der Waals surface area contributed by atoms with Gasteiger partial charge in [-0.15, -0.1) is 0 Å². The fraction of sp³-hybridized carbons (Fsp3) is 0.459. The smallest absolute Gasteiger partial charge is 0.463 e. The SMILES string of the molecule is CC(=O)OCCO[C@@H]1C[C@H](OC(=O)Oc2ccc([N+](=O)[O-])cc2)[C@@]2(C)C(=O)[C@H](OC(C)=O)C3=C(C)[C@@H](OC(=O)[C@H](O[Si](C)(C)C(C)(C)C)[C@@H](NC(=O)c4ccccc4)c4ccccc4)C[C@@](O)([C@@H](OC(=O)c4ccccc4)[C@@H]2C1)C3(C)C. The average Bonchev–Trinajstić information content (AvgIpc) is 0.812. The van der Waals surface area contributed by atoms with E-state index < -0.39 is 131 Å². The molecular formula is C61H72N2O18Si. The van der Waals surface area contributed by atoms with Crippen LogP contribution in [0.25, 0.3) is 0 Å². The highest BCUT2D eigenvalue weighted by Gasteiger charge is 2.71. The zero-order chi connectivity index (χ0) is 60.1. The molecule has 20 nitrogen and oxygen atoms in total. The van der Waals surface area contributed by atoms with Crippen LogP contribution in [0.15, 0.2) is 126 Å². The predicted octanol–water partition coefficient (Wildman–Crippen LogP) is 9.53. The Labute approximate surface area is 477 Å². The van der Waals surface area contributed by atoms with Gasteiger partial charge in [-0.2, -0.15) is 0 Å². The number of ketones is 1. The number of carbonyl (C=O) groups is 7. The Kier molecular flexibility index (Phi) is 18.8. The normalized spacial score (nSPS) is 24.9. The van der Waals surface area contributed by atoms with Gasteiger partial charge in [0, 0.05) is 55.7 Å². The highest BCUT2D eigenvalue weighted by Crippen LogP contribution is 2.61. The molecule has 4 aromatic rings. The molecular weight excluding hydrogens is 1080 g/mol. The second-order valence-corrected chi connectivity index (χ2v) is 28.0. The highest BCUT2D eigenvalue weighted by atomic mass is 28.4. The van der Waals surface area contributed by atoms with E-state index in [1.807, 2.05) is 33.9 Å². The highest BCUT2D eigenvalue weighted by molar-refractivity contribution is 6.74. The van der Waals surface area contributed by atoms with Gasteiger partial charge in [0.2, 0.25) is 0 Å². The summed E-state index contributed by atoms with van der Waals surface area (Å²) in [6, 6.07) is 28.5. The van der Waals surface area contributed by atoms with Crippen molar-refractivity contribution in [3.63, 3.8) is 0 Å². The molecule has 3 aliphatic rings. The van der Waals surface area contributed by atoms with Crippen LogP contribution in [0.4, 0.5) is 10.5 Å². The Bertz CT molecular complexity index is 3050. The number of nitrogens with one attached hydrogen (secondary N) is 1. The van der Waals surface area contributed by atoms with Crippen molar-refractivity contribution in [1.82, 2.24) is 5.32 Å². The number of non-ortho nitro benzene ring substituents is 1. The van der Waals surface area contributed by atoms with Gasteiger partial charge in [0.15, 0.2) is 26.3 Å². The summed E-state index contributed by atoms with van der Waals surface area (Å²) in [5, 5.41) is 28.2. The van der Waals surface area contributed by atoms with Gasteiger partial charge >= 0.3 is 30.0 Å². The Hall–Kier alpha value is -7.59. The maximum absolute atomic E-state index is 16.3. The van der Waals surface area contributed by atoms with Gasteiger partial charge < -0.3 is 48.0 Å². The maximum atomic E-state index is 16.3. The van der Waals surface area contributed by atoms with E-state index in [1.165, 1.54) is 38.1 Å². The number of benzene rings is 4. The predicted molar refractivity (Wildman–Crippen MR) is 298 cm³/mol. The van der Waals surface area contributed by atoms with Crippen LogP contribution < -0.4 is 10.1 Å². The van der Waals surface area contributed by atoms with Crippen molar-refractivity contribution < 1.29 is 81.2 Å². The Morgan fingerprint density at radius 3 is 1.93 bits per heavy atom. The molecule has 2 fully saturated rings. The van der Waals surface area contributed by atoms with E-state index in [0.717, 1.165) is 19.1 Å². The second kappa shape index (κ2) is 24.9. The van der Waals surface area contributed by atoms with E-state index in [4.69, 9.17) is 37.6 Å². The number of hydrogen-bond acceptors (Lipinski definition) is 18. The van der Waals surface area contributed by atoms with Crippen LogP contribution in [0.5, 0.6) is 5.75 Å². The number of amides is 1. The summed E-state index contributed by atoms with van der Waals surface area (Å²) in [5.41, 5.74) is -5.44. The number of nitro benzene ring substituents is 1. The minimum Gasteiger partial charge on any atom is -0.463 e. The van der Waals surface area contributed by atoms with Gasteiger partial charge in [-0.05, 0) is 91.5 Å². The third-order valence-electron chi connectivity index (χ3n) is 16.7. The summed E-state index contributed by atoms with van der Waals surface area (Å²) in [5.74, 6) is -6.36. The first-order chi connectivity index (χ1) is 38.5. The molecule has 0 spiro atoms. The van der Waals surface area contributed by atoms with Crippen molar-refractivity contribution >= 4 is 55.7 Å². The van der Waals surface area contributed by atoms with Gasteiger partial charge in [-0.1, -0.05) is 101 Å². The zero-order valence-electron chi connectivity index (χ0n) is 48.0. The summed E-state index contributed by atoms with van der Waals surface area (Å²) >= 11 is 0. The molecule has 2 saturated carbocycles. The number of nitrogens with zero attached hydrogens (tertiary/aromatic N) is 1. The molecule has 0 heterocycles. The van der Waals surface area contributed by atoms with Gasteiger partial charge in [-0.25, -0.2) is 14.4 Å². The summed E-state index contributed by atoms with van der Waals surface area (Å²) in [7, 11) is -2.99. The molecule has 0 aliphatic heterocycles. The van der Waals surface area contributed by atoms with Crippen LogP contribution in [0.3, 0.4) is 0 Å². The Balaban J connectivity index is 1.42. The van der Waals surface area contributed by atoms with E-state index in [0.29, 0.717) is 11.1 Å². The van der Waals surface area contributed by atoms with Crippen LogP contribution in [0, 0.1) is 26.9 Å². The molecule has 4 aromatic carbocycles. The second-order valence-electron chi connectivity index (χ2n) is 23.3. The van der Waals surface area contributed by atoms with Crippen LogP contribution in [-0.4, -0.2) is 116 Å². The molecule has 0 aromatic heterocycles. The number of hydrogen-bond donors (Lipinski definition) is 2. The van der Waals surface area contributed by atoms with Crippen molar-refractivity contribution in [3.05, 3.63) is 153 Å². The van der Waals surface area contributed by atoms with Crippen molar-refractivity contribution in [2.45, 2.75) is 148 Å². The monoisotopic (exact) mass is 1150 g/mol. The first kappa shape index (κ1) is 62.0. The molecule has 3 aliphatic carbocycles. The molecule has 2 N–H and O–H groups in total. The molecule has 21 heteroatoms. The van der Waals surface area contributed by atoms with Crippen molar-refractivity contribution in [2.24, 2.45) is 16.7 Å². The summed E-state index contributed by atoms with van der Waals surface area (Å²) < 4.78 is 49.5. The number of rotatable bonds is 18. The van der Waals surface area contributed by atoms with Crippen LogP contribution >= 0.6 is 0 Å². The molecule has 2 bridgehead atoms.